The molecular weight excluding hydrogens is 352 g/mol. The molecule has 1 fully saturated rings. The molecule has 1 saturated carbocycles. The predicted octanol–water partition coefficient (Wildman–Crippen LogP) is 3.67. The Labute approximate surface area is 164 Å². The van der Waals surface area contributed by atoms with Crippen LogP contribution in [0.2, 0.25) is 0 Å². The Kier molecular flexibility index (Phi) is 5.09. The number of nitrogens with zero attached hydrogens (tertiary/aromatic N) is 1. The number of carbonyl (C=O) groups excluding carboxylic acids is 3. The summed E-state index contributed by atoms with van der Waals surface area (Å²) in [5.74, 6) is -0.567. The van der Waals surface area contributed by atoms with E-state index in [9.17, 15) is 14.4 Å². The molecule has 0 aliphatic heterocycles. The summed E-state index contributed by atoms with van der Waals surface area (Å²) in [6.07, 6.45) is 5.92. The number of carbonyl (C=O) groups is 3. The number of hydrogen-bond acceptors (Lipinski definition) is 4. The number of fused-ring (bicyclic) bond motifs is 2. The van der Waals surface area contributed by atoms with Crippen LogP contribution in [0.5, 0.6) is 0 Å². The Morgan fingerprint density at radius 2 is 1.57 bits per heavy atom. The quantitative estimate of drug-likeness (QED) is 0.755. The second-order valence-corrected chi connectivity index (χ2v) is 7.69. The summed E-state index contributed by atoms with van der Waals surface area (Å²) >= 11 is 0. The predicted molar refractivity (Wildman–Crippen MR) is 108 cm³/mol. The summed E-state index contributed by atoms with van der Waals surface area (Å²) < 4.78 is 0. The lowest BCUT2D eigenvalue weighted by atomic mass is 9.83. The van der Waals surface area contributed by atoms with Crippen LogP contribution in [0.15, 0.2) is 42.5 Å². The van der Waals surface area contributed by atoms with E-state index in [-0.39, 0.29) is 24.0 Å². The normalized spacial score (nSPS) is 16.6. The number of nitrogens with one attached hydrogen (secondary N) is 1. The fraction of sp³-hybridized carbons (Fsp3) is 0.348. The average Bonchev–Trinajstić information content (AvgIpc) is 2.72. The van der Waals surface area contributed by atoms with E-state index in [0.717, 1.165) is 12.8 Å². The summed E-state index contributed by atoms with van der Waals surface area (Å²) in [4.78, 5) is 40.5. The minimum Gasteiger partial charge on any atom is -0.324 e. The van der Waals surface area contributed by atoms with E-state index in [1.807, 2.05) is 7.05 Å². The van der Waals surface area contributed by atoms with E-state index >= 15 is 0 Å². The zero-order chi connectivity index (χ0) is 19.7. The van der Waals surface area contributed by atoms with Crippen molar-refractivity contribution < 1.29 is 14.4 Å². The van der Waals surface area contributed by atoms with Gasteiger partial charge in [-0.2, -0.15) is 0 Å². The maximum atomic E-state index is 13.0. The molecule has 2 aromatic carbocycles. The van der Waals surface area contributed by atoms with Crippen molar-refractivity contribution in [2.45, 2.75) is 38.1 Å². The highest BCUT2D eigenvalue weighted by atomic mass is 16.2. The summed E-state index contributed by atoms with van der Waals surface area (Å²) in [5.41, 5.74) is 1.86. The summed E-state index contributed by atoms with van der Waals surface area (Å²) in [5, 5.41) is 2.87. The van der Waals surface area contributed by atoms with Gasteiger partial charge in [-0.3, -0.25) is 19.3 Å². The zero-order valence-corrected chi connectivity index (χ0v) is 16.0. The minimum atomic E-state index is -0.221. The Morgan fingerprint density at radius 3 is 2.29 bits per heavy atom. The van der Waals surface area contributed by atoms with E-state index in [4.69, 9.17) is 0 Å². The van der Waals surface area contributed by atoms with Crippen molar-refractivity contribution >= 4 is 23.2 Å². The number of anilines is 1. The van der Waals surface area contributed by atoms with Crippen LogP contribution in [0.3, 0.4) is 0 Å². The van der Waals surface area contributed by atoms with Gasteiger partial charge in [0.05, 0.1) is 17.8 Å². The van der Waals surface area contributed by atoms with Crippen LogP contribution in [0, 0.1) is 0 Å². The van der Waals surface area contributed by atoms with Crippen LogP contribution in [-0.2, 0) is 4.79 Å². The van der Waals surface area contributed by atoms with Crippen molar-refractivity contribution in [3.8, 4) is 0 Å². The van der Waals surface area contributed by atoms with Crippen molar-refractivity contribution in [1.82, 2.24) is 4.90 Å². The highest BCUT2D eigenvalue weighted by Gasteiger charge is 2.31. The highest BCUT2D eigenvalue weighted by Crippen LogP contribution is 2.32. The monoisotopic (exact) mass is 376 g/mol. The molecule has 0 aromatic heterocycles. The van der Waals surface area contributed by atoms with Gasteiger partial charge in [0.1, 0.15) is 0 Å². The zero-order valence-electron chi connectivity index (χ0n) is 16.0. The number of ketones is 2. The van der Waals surface area contributed by atoms with Crippen LogP contribution >= 0.6 is 0 Å². The van der Waals surface area contributed by atoms with Crippen molar-refractivity contribution in [2.75, 3.05) is 18.9 Å². The lowest BCUT2D eigenvalue weighted by molar-refractivity contribution is -0.117. The second kappa shape index (κ2) is 7.68. The van der Waals surface area contributed by atoms with Crippen molar-refractivity contribution in [2.24, 2.45) is 0 Å². The minimum absolute atomic E-state index is 0.166. The number of hydrogen-bond donors (Lipinski definition) is 1. The van der Waals surface area contributed by atoms with Gasteiger partial charge in [0.15, 0.2) is 11.6 Å². The standard InChI is InChI=1S/C23H24N2O3/c1-25(15-8-3-2-4-9-15)14-20(26)24-19-13-7-12-18-21(19)23(28)17-11-6-5-10-16(17)22(18)27/h5-7,10-13,15H,2-4,8-9,14H2,1H3,(H,24,26). The molecule has 28 heavy (non-hydrogen) atoms. The van der Waals surface area contributed by atoms with Crippen LogP contribution in [0.1, 0.15) is 63.9 Å². The maximum absolute atomic E-state index is 13.0. The number of likely N-dealkylation sites (N-methyl/N-ethyl adjacent to an activating group) is 1. The van der Waals surface area contributed by atoms with Crippen LogP contribution in [0.25, 0.3) is 0 Å². The van der Waals surface area contributed by atoms with Gasteiger partial charge >= 0.3 is 0 Å². The van der Waals surface area contributed by atoms with Crippen LogP contribution in [-0.4, -0.2) is 42.0 Å². The van der Waals surface area contributed by atoms with Crippen molar-refractivity contribution in [3.05, 3.63) is 64.7 Å². The van der Waals surface area contributed by atoms with Crippen molar-refractivity contribution in [1.29, 1.82) is 0 Å². The SMILES string of the molecule is CN(CC(=O)Nc1cccc2c1C(=O)c1ccccc1C2=O)C1CCCCC1. The molecule has 0 radical (unpaired) electrons. The first-order valence-corrected chi connectivity index (χ1v) is 9.88. The van der Waals surface area contributed by atoms with Gasteiger partial charge in [-0.05, 0) is 26.0 Å². The molecule has 0 heterocycles. The van der Waals surface area contributed by atoms with Gasteiger partial charge in [-0.15, -0.1) is 0 Å². The smallest absolute Gasteiger partial charge is 0.238 e. The van der Waals surface area contributed by atoms with E-state index in [1.54, 1.807) is 42.5 Å². The largest absolute Gasteiger partial charge is 0.324 e. The first-order valence-electron chi connectivity index (χ1n) is 9.88. The third-order valence-corrected chi connectivity index (χ3v) is 5.82. The summed E-state index contributed by atoms with van der Waals surface area (Å²) in [7, 11) is 1.97. The average molecular weight is 376 g/mol. The number of benzene rings is 2. The molecule has 0 saturated heterocycles. The highest BCUT2D eigenvalue weighted by molar-refractivity contribution is 6.30. The molecule has 5 heteroatoms. The van der Waals surface area contributed by atoms with E-state index in [2.05, 4.69) is 10.2 Å². The molecule has 1 amide bonds. The van der Waals surface area contributed by atoms with Crippen LogP contribution in [0.4, 0.5) is 5.69 Å². The molecule has 4 rings (SSSR count). The van der Waals surface area contributed by atoms with Gasteiger partial charge in [-0.25, -0.2) is 0 Å². The Bertz CT molecular complexity index is 945. The molecule has 2 aliphatic carbocycles. The Morgan fingerprint density at radius 1 is 0.929 bits per heavy atom. The molecule has 144 valence electrons. The molecule has 0 atom stereocenters. The van der Waals surface area contributed by atoms with Crippen molar-refractivity contribution in [3.63, 3.8) is 0 Å². The molecule has 0 unspecified atom stereocenters. The molecule has 5 nitrogen and oxygen atoms in total. The second-order valence-electron chi connectivity index (χ2n) is 7.69. The van der Waals surface area contributed by atoms with Gasteiger partial charge < -0.3 is 5.32 Å². The molecule has 1 N–H and O–H groups in total. The molecule has 0 bridgehead atoms. The third-order valence-electron chi connectivity index (χ3n) is 5.82. The summed E-state index contributed by atoms with van der Waals surface area (Å²) in [6.45, 7) is 0.271. The van der Waals surface area contributed by atoms with E-state index in [1.165, 1.54) is 19.3 Å². The van der Waals surface area contributed by atoms with Crippen LogP contribution < -0.4 is 5.32 Å². The topological polar surface area (TPSA) is 66.5 Å². The van der Waals surface area contributed by atoms with Gasteiger partial charge in [0, 0.05) is 22.7 Å². The lowest BCUT2D eigenvalue weighted by Crippen LogP contribution is -2.39. The lowest BCUT2D eigenvalue weighted by Gasteiger charge is -2.30. The molecule has 2 aromatic rings. The summed E-state index contributed by atoms with van der Waals surface area (Å²) in [6, 6.07) is 12.3. The van der Waals surface area contributed by atoms with Gasteiger partial charge in [0.2, 0.25) is 5.91 Å². The Balaban J connectivity index is 1.56. The fourth-order valence-electron chi connectivity index (χ4n) is 4.32. The molecule has 2 aliphatic rings. The van der Waals surface area contributed by atoms with Gasteiger partial charge in [0.25, 0.3) is 0 Å². The third kappa shape index (κ3) is 3.38. The van der Waals surface area contributed by atoms with E-state index < -0.39 is 0 Å². The first kappa shape index (κ1) is 18.6. The molecule has 0 spiro atoms. The number of amides is 1. The maximum Gasteiger partial charge on any atom is 0.238 e. The first-order chi connectivity index (χ1) is 13.6. The Hall–Kier alpha value is -2.79. The van der Waals surface area contributed by atoms with Gasteiger partial charge in [-0.1, -0.05) is 55.7 Å². The fourth-order valence-corrected chi connectivity index (χ4v) is 4.32. The molecular formula is C23H24N2O3. The number of rotatable bonds is 4. The van der Waals surface area contributed by atoms with E-state index in [0.29, 0.717) is 34.0 Å².